The topological polar surface area (TPSA) is 69.3 Å². The van der Waals surface area contributed by atoms with Crippen LogP contribution >= 0.6 is 0 Å². The van der Waals surface area contributed by atoms with Crippen molar-refractivity contribution in [3.8, 4) is 0 Å². The molecule has 6 nitrogen and oxygen atoms in total. The van der Waals surface area contributed by atoms with Crippen LogP contribution in [0.15, 0.2) is 35.2 Å². The first-order chi connectivity index (χ1) is 11.5. The van der Waals surface area contributed by atoms with E-state index in [0.717, 1.165) is 24.9 Å². The van der Waals surface area contributed by atoms with Crippen LogP contribution in [0.5, 0.6) is 0 Å². The Hall–Kier alpha value is -1.70. The van der Waals surface area contributed by atoms with E-state index in [-0.39, 0.29) is 6.17 Å². The van der Waals surface area contributed by atoms with E-state index < -0.39 is 10.0 Å². The fourth-order valence-electron chi connectivity index (χ4n) is 4.10. The predicted molar refractivity (Wildman–Crippen MR) is 90.9 cm³/mol. The summed E-state index contributed by atoms with van der Waals surface area (Å²) in [4.78, 5) is 2.65. The second kappa shape index (κ2) is 5.68. The van der Waals surface area contributed by atoms with Crippen molar-refractivity contribution in [2.24, 2.45) is 0 Å². The van der Waals surface area contributed by atoms with E-state index in [1.54, 1.807) is 18.2 Å². The highest BCUT2D eigenvalue weighted by atomic mass is 32.2. The van der Waals surface area contributed by atoms with Gasteiger partial charge in [-0.25, -0.2) is 8.42 Å². The molecular formula is C17H22N4O2S. The molecular weight excluding hydrogens is 324 g/mol. The van der Waals surface area contributed by atoms with Gasteiger partial charge < -0.3 is 0 Å². The number of sulfonamides is 1. The SMILES string of the molecule is Cc1n[nH]c(C)c1S(=O)(=O)N1CC2CCCN2C1c1ccccc1. The van der Waals surface area contributed by atoms with Gasteiger partial charge in [0.15, 0.2) is 0 Å². The van der Waals surface area contributed by atoms with Crippen LogP contribution in [0.1, 0.15) is 36.0 Å². The summed E-state index contributed by atoms with van der Waals surface area (Å²) in [6.45, 7) is 5.00. The van der Waals surface area contributed by atoms with Crippen molar-refractivity contribution in [2.75, 3.05) is 13.1 Å². The fraction of sp³-hybridized carbons (Fsp3) is 0.471. The third-order valence-corrected chi connectivity index (χ3v) is 7.21. The Labute approximate surface area is 142 Å². The Morgan fingerprint density at radius 1 is 1.21 bits per heavy atom. The summed E-state index contributed by atoms with van der Waals surface area (Å²) < 4.78 is 28.4. The highest BCUT2D eigenvalue weighted by molar-refractivity contribution is 7.89. The minimum atomic E-state index is -3.60. The summed E-state index contributed by atoms with van der Waals surface area (Å²) in [5, 5.41) is 6.88. The van der Waals surface area contributed by atoms with Gasteiger partial charge in [0.05, 0.1) is 11.4 Å². The lowest BCUT2D eigenvalue weighted by molar-refractivity contribution is 0.198. The molecule has 2 atom stereocenters. The van der Waals surface area contributed by atoms with Gasteiger partial charge in [-0.15, -0.1) is 0 Å². The smallest absolute Gasteiger partial charge is 0.248 e. The Kier molecular flexibility index (Phi) is 3.74. The number of hydrogen-bond acceptors (Lipinski definition) is 4. The molecule has 0 radical (unpaired) electrons. The number of benzene rings is 1. The molecule has 0 saturated carbocycles. The van der Waals surface area contributed by atoms with Crippen molar-refractivity contribution < 1.29 is 8.42 Å². The third kappa shape index (κ3) is 2.30. The minimum absolute atomic E-state index is 0.225. The molecule has 0 bridgehead atoms. The zero-order valence-corrected chi connectivity index (χ0v) is 14.8. The van der Waals surface area contributed by atoms with Crippen LogP contribution in [0.3, 0.4) is 0 Å². The first kappa shape index (κ1) is 15.8. The van der Waals surface area contributed by atoms with Crippen LogP contribution in [0, 0.1) is 13.8 Å². The molecule has 0 aliphatic carbocycles. The summed E-state index contributed by atoms with van der Waals surface area (Å²) in [6.07, 6.45) is 1.96. The van der Waals surface area contributed by atoms with Gasteiger partial charge in [-0.3, -0.25) is 10.00 Å². The highest BCUT2D eigenvalue weighted by Gasteiger charge is 2.48. The Morgan fingerprint density at radius 3 is 2.62 bits per heavy atom. The molecule has 2 fully saturated rings. The van der Waals surface area contributed by atoms with Crippen LogP contribution in [0.4, 0.5) is 0 Å². The molecule has 128 valence electrons. The van der Waals surface area contributed by atoms with Gasteiger partial charge >= 0.3 is 0 Å². The number of aryl methyl sites for hydroxylation is 2. The predicted octanol–water partition coefficient (Wildman–Crippen LogP) is 2.19. The Bertz CT molecular complexity index is 827. The second-order valence-electron chi connectivity index (χ2n) is 6.66. The van der Waals surface area contributed by atoms with E-state index in [9.17, 15) is 8.42 Å². The van der Waals surface area contributed by atoms with Gasteiger partial charge in [0, 0.05) is 19.1 Å². The molecule has 4 rings (SSSR count). The van der Waals surface area contributed by atoms with E-state index in [1.165, 1.54) is 0 Å². The third-order valence-electron chi connectivity index (χ3n) is 5.13. The maximum absolute atomic E-state index is 13.4. The largest absolute Gasteiger partial charge is 0.281 e. The number of H-pyrrole nitrogens is 1. The first-order valence-electron chi connectivity index (χ1n) is 8.34. The maximum atomic E-state index is 13.4. The van der Waals surface area contributed by atoms with E-state index in [2.05, 4.69) is 15.1 Å². The quantitative estimate of drug-likeness (QED) is 0.925. The lowest BCUT2D eigenvalue weighted by Gasteiger charge is -2.29. The van der Waals surface area contributed by atoms with E-state index in [0.29, 0.717) is 28.9 Å². The molecule has 1 aromatic heterocycles. The van der Waals surface area contributed by atoms with Gasteiger partial charge in [-0.05, 0) is 32.3 Å². The van der Waals surface area contributed by atoms with E-state index in [4.69, 9.17) is 0 Å². The molecule has 3 heterocycles. The number of nitrogens with zero attached hydrogens (tertiary/aromatic N) is 3. The number of rotatable bonds is 3. The summed E-state index contributed by atoms with van der Waals surface area (Å²) in [6, 6.07) is 10.2. The van der Waals surface area contributed by atoms with Crippen molar-refractivity contribution in [3.63, 3.8) is 0 Å². The molecule has 2 aromatic rings. The molecule has 24 heavy (non-hydrogen) atoms. The second-order valence-corrected chi connectivity index (χ2v) is 8.48. The monoisotopic (exact) mass is 346 g/mol. The molecule has 2 aliphatic heterocycles. The van der Waals surface area contributed by atoms with Gasteiger partial charge in [-0.2, -0.15) is 9.40 Å². The van der Waals surface area contributed by atoms with Gasteiger partial charge in [0.1, 0.15) is 11.1 Å². The van der Waals surface area contributed by atoms with Crippen molar-refractivity contribution in [1.82, 2.24) is 19.4 Å². The van der Waals surface area contributed by atoms with Crippen LogP contribution in [-0.2, 0) is 10.0 Å². The standard InChI is InChI=1S/C17H22N4O2S/c1-12-16(13(2)19-18-12)24(22,23)21-11-15-9-6-10-20(15)17(21)14-7-4-3-5-8-14/h3-5,7-8,15,17H,6,9-11H2,1-2H3,(H,18,19). The zero-order valence-electron chi connectivity index (χ0n) is 13.9. The summed E-state index contributed by atoms with van der Waals surface area (Å²) in [7, 11) is -3.60. The number of fused-ring (bicyclic) bond motifs is 1. The lowest BCUT2D eigenvalue weighted by Crippen LogP contribution is -2.35. The molecule has 1 aromatic carbocycles. The number of nitrogens with one attached hydrogen (secondary N) is 1. The summed E-state index contributed by atoms with van der Waals surface area (Å²) in [5.41, 5.74) is 2.17. The molecule has 2 saturated heterocycles. The molecule has 0 amide bonds. The van der Waals surface area contributed by atoms with Crippen molar-refractivity contribution >= 4 is 10.0 Å². The molecule has 2 aliphatic rings. The normalized spacial score (nSPS) is 25.2. The Morgan fingerprint density at radius 2 is 1.96 bits per heavy atom. The molecule has 7 heteroatoms. The molecule has 1 N–H and O–H groups in total. The molecule has 2 unspecified atom stereocenters. The van der Waals surface area contributed by atoms with E-state index >= 15 is 0 Å². The maximum Gasteiger partial charge on any atom is 0.248 e. The zero-order chi connectivity index (χ0) is 16.9. The molecule has 0 spiro atoms. The van der Waals surface area contributed by atoms with Gasteiger partial charge in [0.25, 0.3) is 0 Å². The van der Waals surface area contributed by atoms with Gasteiger partial charge in [0.2, 0.25) is 10.0 Å². The number of hydrogen-bond donors (Lipinski definition) is 1. The Balaban J connectivity index is 1.81. The lowest BCUT2D eigenvalue weighted by atomic mass is 10.1. The van der Waals surface area contributed by atoms with Crippen molar-refractivity contribution in [3.05, 3.63) is 47.3 Å². The number of aromatic amines is 1. The summed E-state index contributed by atoms with van der Waals surface area (Å²) in [5.74, 6) is 0. The van der Waals surface area contributed by atoms with Crippen LogP contribution in [0.2, 0.25) is 0 Å². The average molecular weight is 346 g/mol. The van der Waals surface area contributed by atoms with Crippen LogP contribution in [-0.4, -0.2) is 47.0 Å². The average Bonchev–Trinajstić information content (AvgIpc) is 3.22. The van der Waals surface area contributed by atoms with E-state index in [1.807, 2.05) is 30.3 Å². The van der Waals surface area contributed by atoms with Crippen LogP contribution in [0.25, 0.3) is 0 Å². The van der Waals surface area contributed by atoms with Crippen molar-refractivity contribution in [2.45, 2.75) is 43.8 Å². The first-order valence-corrected chi connectivity index (χ1v) is 9.78. The van der Waals surface area contributed by atoms with Crippen LogP contribution < -0.4 is 0 Å². The highest BCUT2D eigenvalue weighted by Crippen LogP contribution is 2.42. The fourth-order valence-corrected chi connectivity index (χ4v) is 6.06. The summed E-state index contributed by atoms with van der Waals surface area (Å²) >= 11 is 0. The van der Waals surface area contributed by atoms with Gasteiger partial charge in [-0.1, -0.05) is 30.3 Å². The van der Waals surface area contributed by atoms with Crippen molar-refractivity contribution in [1.29, 1.82) is 0 Å². The minimum Gasteiger partial charge on any atom is -0.281 e. The number of aromatic nitrogens is 2.